The van der Waals surface area contributed by atoms with Gasteiger partial charge in [-0.3, -0.25) is 4.79 Å². The number of carboxylic acid groups (broad SMARTS) is 1. The van der Waals surface area contributed by atoms with Gasteiger partial charge in [0.2, 0.25) is 0 Å². The van der Waals surface area contributed by atoms with Crippen LogP contribution in [0.1, 0.15) is 23.7 Å². The Labute approximate surface area is 104 Å². The Morgan fingerprint density at radius 3 is 2.67 bits per heavy atom. The number of hydrogen-bond donors (Lipinski definition) is 1. The molecule has 0 atom stereocenters. The van der Waals surface area contributed by atoms with Crippen molar-refractivity contribution in [3.63, 3.8) is 0 Å². The van der Waals surface area contributed by atoms with Crippen molar-refractivity contribution in [1.82, 2.24) is 0 Å². The van der Waals surface area contributed by atoms with Gasteiger partial charge in [-0.15, -0.1) is 0 Å². The molecular weight excluding hydrogens is 232 g/mol. The molecule has 92 valence electrons. The minimum atomic E-state index is -0.979. The summed E-state index contributed by atoms with van der Waals surface area (Å²) in [5, 5.41) is 10.4. The number of aromatic carboxylic acids is 1. The van der Waals surface area contributed by atoms with E-state index in [1.165, 1.54) is 6.07 Å². The molecule has 0 saturated heterocycles. The molecule has 0 aliphatic carbocycles. The fourth-order valence-electron chi connectivity index (χ4n) is 1.67. The third kappa shape index (κ3) is 2.32. The zero-order valence-electron chi connectivity index (χ0n) is 9.84. The van der Waals surface area contributed by atoms with Crippen LogP contribution in [0.5, 0.6) is 5.75 Å². The van der Waals surface area contributed by atoms with E-state index < -0.39 is 5.97 Å². The van der Waals surface area contributed by atoms with Crippen LogP contribution in [0, 0.1) is 0 Å². The molecule has 0 fully saturated rings. The van der Waals surface area contributed by atoms with Gasteiger partial charge in [0.15, 0.2) is 0 Å². The van der Waals surface area contributed by atoms with Gasteiger partial charge in [-0.05, 0) is 29.7 Å². The van der Waals surface area contributed by atoms with Gasteiger partial charge in [-0.1, -0.05) is 19.1 Å². The highest BCUT2D eigenvalue weighted by molar-refractivity contribution is 5.97. The molecule has 0 spiro atoms. The van der Waals surface area contributed by atoms with E-state index in [-0.39, 0.29) is 11.5 Å². The summed E-state index contributed by atoms with van der Waals surface area (Å²) in [4.78, 5) is 22.2. The second-order valence-electron chi connectivity index (χ2n) is 3.82. The second kappa shape index (κ2) is 4.87. The van der Waals surface area contributed by atoms with Gasteiger partial charge in [0, 0.05) is 11.8 Å². The van der Waals surface area contributed by atoms with Gasteiger partial charge in [-0.2, -0.15) is 0 Å². The number of esters is 1. The van der Waals surface area contributed by atoms with E-state index >= 15 is 0 Å². The van der Waals surface area contributed by atoms with E-state index in [2.05, 4.69) is 0 Å². The molecule has 0 radical (unpaired) electrons. The van der Waals surface area contributed by atoms with Gasteiger partial charge in [-0.25, -0.2) is 4.79 Å². The lowest BCUT2D eigenvalue weighted by Crippen LogP contribution is -2.05. The second-order valence-corrected chi connectivity index (χ2v) is 3.82. The third-order valence-corrected chi connectivity index (χ3v) is 2.60. The van der Waals surface area contributed by atoms with Crippen LogP contribution >= 0.6 is 0 Å². The first-order valence-electron chi connectivity index (χ1n) is 5.58. The number of carbonyl (C=O) groups is 2. The fraction of sp³-hybridized carbons (Fsp3) is 0.143. The number of hydrogen-bond acceptors (Lipinski definition) is 3. The van der Waals surface area contributed by atoms with Crippen LogP contribution in [0.4, 0.5) is 0 Å². The average molecular weight is 244 g/mol. The average Bonchev–Trinajstić information content (AvgIpc) is 2.38. The standard InChI is InChI=1S/C14H12O4/c1-2-13(15)18-12-5-3-4-9-8-10(14(16)17)6-7-11(9)12/h3-8H,2H2,1H3,(H,16,17). The Hall–Kier alpha value is -2.36. The number of ether oxygens (including phenoxy) is 1. The number of carboxylic acids is 1. The molecule has 0 aliphatic rings. The Morgan fingerprint density at radius 2 is 2.00 bits per heavy atom. The van der Waals surface area contributed by atoms with E-state index in [0.29, 0.717) is 12.2 Å². The molecule has 4 heteroatoms. The Kier molecular flexibility index (Phi) is 3.28. The van der Waals surface area contributed by atoms with Crippen LogP contribution in [0.2, 0.25) is 0 Å². The van der Waals surface area contributed by atoms with E-state index in [0.717, 1.165) is 10.8 Å². The largest absolute Gasteiger partial charge is 0.478 e. The normalized spacial score (nSPS) is 10.3. The van der Waals surface area contributed by atoms with Crippen LogP contribution in [0.25, 0.3) is 10.8 Å². The van der Waals surface area contributed by atoms with Crippen molar-refractivity contribution in [3.05, 3.63) is 42.0 Å². The molecule has 2 aromatic carbocycles. The van der Waals surface area contributed by atoms with Gasteiger partial charge < -0.3 is 9.84 Å². The quantitative estimate of drug-likeness (QED) is 0.666. The molecule has 4 nitrogen and oxygen atoms in total. The van der Waals surface area contributed by atoms with Crippen LogP contribution in [-0.4, -0.2) is 17.0 Å². The lowest BCUT2D eigenvalue weighted by Gasteiger charge is -2.07. The minimum absolute atomic E-state index is 0.210. The summed E-state index contributed by atoms with van der Waals surface area (Å²) in [5.41, 5.74) is 0.210. The molecule has 0 amide bonds. The molecule has 2 aromatic rings. The Balaban J connectivity index is 2.50. The summed E-state index contributed by atoms with van der Waals surface area (Å²) in [6.45, 7) is 1.72. The first-order valence-corrected chi connectivity index (χ1v) is 5.58. The summed E-state index contributed by atoms with van der Waals surface area (Å²) < 4.78 is 5.19. The van der Waals surface area contributed by atoms with E-state index in [9.17, 15) is 9.59 Å². The SMILES string of the molecule is CCC(=O)Oc1cccc2cc(C(=O)O)ccc12. The van der Waals surface area contributed by atoms with Gasteiger partial charge in [0.25, 0.3) is 0 Å². The maximum absolute atomic E-state index is 11.3. The molecule has 0 aliphatic heterocycles. The molecule has 0 aromatic heterocycles. The van der Waals surface area contributed by atoms with Crippen LogP contribution in [0.15, 0.2) is 36.4 Å². The zero-order valence-corrected chi connectivity index (χ0v) is 9.84. The molecular formula is C14H12O4. The van der Waals surface area contributed by atoms with E-state index in [1.54, 1.807) is 37.3 Å². The first-order chi connectivity index (χ1) is 8.61. The first kappa shape index (κ1) is 12.1. The summed E-state index contributed by atoms with van der Waals surface area (Å²) in [6, 6.07) is 9.90. The monoisotopic (exact) mass is 244 g/mol. The number of benzene rings is 2. The maximum Gasteiger partial charge on any atom is 0.335 e. The lowest BCUT2D eigenvalue weighted by molar-refractivity contribution is -0.133. The van der Waals surface area contributed by atoms with E-state index in [1.807, 2.05) is 0 Å². The van der Waals surface area contributed by atoms with Crippen LogP contribution < -0.4 is 4.74 Å². The molecule has 18 heavy (non-hydrogen) atoms. The molecule has 0 saturated carbocycles. The van der Waals surface area contributed by atoms with Crippen LogP contribution in [-0.2, 0) is 4.79 Å². The summed E-state index contributed by atoms with van der Waals surface area (Å²) in [7, 11) is 0. The Morgan fingerprint density at radius 1 is 1.22 bits per heavy atom. The highest BCUT2D eigenvalue weighted by atomic mass is 16.5. The van der Waals surface area contributed by atoms with Crippen molar-refractivity contribution in [2.24, 2.45) is 0 Å². The summed E-state index contributed by atoms with van der Waals surface area (Å²) in [6.07, 6.45) is 0.295. The molecule has 0 bridgehead atoms. The van der Waals surface area contributed by atoms with Crippen molar-refractivity contribution >= 4 is 22.7 Å². The molecule has 0 heterocycles. The lowest BCUT2D eigenvalue weighted by atomic mass is 10.1. The highest BCUT2D eigenvalue weighted by Crippen LogP contribution is 2.26. The molecule has 2 rings (SSSR count). The molecule has 1 N–H and O–H groups in total. The molecule has 0 unspecified atom stereocenters. The van der Waals surface area contributed by atoms with E-state index in [4.69, 9.17) is 9.84 Å². The number of fused-ring (bicyclic) bond motifs is 1. The third-order valence-electron chi connectivity index (χ3n) is 2.60. The maximum atomic E-state index is 11.3. The summed E-state index contributed by atoms with van der Waals surface area (Å²) >= 11 is 0. The van der Waals surface area contributed by atoms with Crippen molar-refractivity contribution < 1.29 is 19.4 Å². The fourth-order valence-corrected chi connectivity index (χ4v) is 1.67. The van der Waals surface area contributed by atoms with Gasteiger partial charge in [0.1, 0.15) is 5.75 Å². The van der Waals surface area contributed by atoms with Gasteiger partial charge in [0.05, 0.1) is 5.56 Å². The predicted molar refractivity (Wildman–Crippen MR) is 66.8 cm³/mol. The highest BCUT2D eigenvalue weighted by Gasteiger charge is 2.08. The summed E-state index contributed by atoms with van der Waals surface area (Å²) in [5.74, 6) is -0.839. The number of carbonyl (C=O) groups excluding carboxylic acids is 1. The smallest absolute Gasteiger partial charge is 0.335 e. The Bertz CT molecular complexity index is 616. The van der Waals surface area contributed by atoms with Crippen molar-refractivity contribution in [1.29, 1.82) is 0 Å². The predicted octanol–water partition coefficient (Wildman–Crippen LogP) is 2.85. The zero-order chi connectivity index (χ0) is 13.1. The van der Waals surface area contributed by atoms with Crippen molar-refractivity contribution in [2.45, 2.75) is 13.3 Å². The number of rotatable bonds is 3. The van der Waals surface area contributed by atoms with Crippen LogP contribution in [0.3, 0.4) is 0 Å². The topological polar surface area (TPSA) is 63.6 Å². The minimum Gasteiger partial charge on any atom is -0.478 e. The van der Waals surface area contributed by atoms with Gasteiger partial charge >= 0.3 is 11.9 Å². The van der Waals surface area contributed by atoms with Crippen molar-refractivity contribution in [2.75, 3.05) is 0 Å². The van der Waals surface area contributed by atoms with Crippen molar-refractivity contribution in [3.8, 4) is 5.75 Å².